The Bertz CT molecular complexity index is 1350. The number of amides is 3. The molecule has 0 unspecified atom stereocenters. The molecule has 0 spiro atoms. The summed E-state index contributed by atoms with van der Waals surface area (Å²) in [6, 6.07) is 5.64. The molecule has 3 N–H and O–H groups in total. The van der Waals surface area contributed by atoms with Gasteiger partial charge in [-0.2, -0.15) is 0 Å². The molecule has 0 radical (unpaired) electrons. The highest BCUT2D eigenvalue weighted by atomic mass is 32.2. The lowest BCUT2D eigenvalue weighted by atomic mass is 9.97. The van der Waals surface area contributed by atoms with Crippen molar-refractivity contribution in [1.29, 1.82) is 0 Å². The fourth-order valence-electron chi connectivity index (χ4n) is 4.68. The van der Waals surface area contributed by atoms with E-state index in [1.807, 2.05) is 6.07 Å². The van der Waals surface area contributed by atoms with E-state index in [0.29, 0.717) is 0 Å². The maximum Gasteiger partial charge on any atom is 0.408 e. The van der Waals surface area contributed by atoms with Gasteiger partial charge in [0.05, 0.1) is 0 Å². The molecule has 0 aromatic heterocycles. The second-order valence-corrected chi connectivity index (χ2v) is 13.6. The largest absolute Gasteiger partial charge is 0.463 e. The summed E-state index contributed by atoms with van der Waals surface area (Å²) in [6.45, 7) is 10.7. The number of esters is 4. The van der Waals surface area contributed by atoms with Crippen LogP contribution in [0.5, 0.6) is 0 Å². The van der Waals surface area contributed by atoms with Gasteiger partial charge in [0.25, 0.3) is 0 Å². The van der Waals surface area contributed by atoms with Gasteiger partial charge in [-0.1, -0.05) is 30.3 Å². The summed E-state index contributed by atoms with van der Waals surface area (Å²) >= 11 is 1.08. The van der Waals surface area contributed by atoms with Crippen molar-refractivity contribution in [2.24, 2.45) is 0 Å². The van der Waals surface area contributed by atoms with Crippen LogP contribution in [0, 0.1) is 0 Å². The third-order valence-electron chi connectivity index (χ3n) is 6.70. The molecule has 17 heteroatoms. The molecule has 50 heavy (non-hydrogen) atoms. The molecule has 1 aliphatic heterocycles. The highest BCUT2D eigenvalue weighted by Gasteiger charge is 2.51. The van der Waals surface area contributed by atoms with Crippen LogP contribution in [-0.4, -0.2) is 102 Å². The standard InChI is InChI=1S/C33H47N3O13S/c1-18(30(42)45-16-23-12-10-9-11-13-23)34-29(41)24(36-32(43)49-33(6,7)8)14-15-50-31-26(35-19(2)37)28(47-22(5)40)27(46-21(4)39)25(48-31)17-44-20(3)38/h9-13,18,24-28,31H,14-17H2,1-8H3,(H,34,41)(H,35,37)(H,36,43)/t18-,24-,25+,26+,27+,28+,31-/m0/s1. The lowest BCUT2D eigenvalue weighted by molar-refractivity contribution is -0.211. The van der Waals surface area contributed by atoms with E-state index in [2.05, 4.69) is 16.0 Å². The Morgan fingerprint density at radius 2 is 1.48 bits per heavy atom. The second kappa shape index (κ2) is 19.7. The van der Waals surface area contributed by atoms with E-state index in [1.54, 1.807) is 45.0 Å². The van der Waals surface area contributed by atoms with Gasteiger partial charge in [0, 0.05) is 27.7 Å². The van der Waals surface area contributed by atoms with Crippen molar-refractivity contribution in [3.8, 4) is 0 Å². The number of thioether (sulfide) groups is 1. The minimum Gasteiger partial charge on any atom is -0.463 e. The van der Waals surface area contributed by atoms with Crippen LogP contribution >= 0.6 is 11.8 Å². The zero-order valence-electron chi connectivity index (χ0n) is 29.5. The topological polar surface area (TPSA) is 211 Å². The molecule has 1 fully saturated rings. The SMILES string of the molecule is CC(=O)N[C@@H]1[C@@H](OC(C)=O)[C@H](OC(C)=O)[C@@H](COC(C)=O)O[C@H]1SCC[C@H](NC(=O)OC(C)(C)C)C(=O)N[C@@H](C)C(=O)OCc1ccccc1. The Kier molecular flexibility index (Phi) is 16.5. The van der Waals surface area contributed by atoms with Crippen LogP contribution in [0.2, 0.25) is 0 Å². The Morgan fingerprint density at radius 1 is 0.860 bits per heavy atom. The summed E-state index contributed by atoms with van der Waals surface area (Å²) in [5.74, 6) is -3.95. The Hall–Kier alpha value is -4.38. The van der Waals surface area contributed by atoms with Crippen LogP contribution in [0.4, 0.5) is 4.79 Å². The highest BCUT2D eigenvalue weighted by Crippen LogP contribution is 2.33. The maximum atomic E-state index is 13.4. The van der Waals surface area contributed by atoms with Crippen molar-refractivity contribution in [3.63, 3.8) is 0 Å². The fraction of sp³-hybridized carbons (Fsp3) is 0.606. The normalized spacial score (nSPS) is 21.3. The molecule has 3 amide bonds. The van der Waals surface area contributed by atoms with Gasteiger partial charge in [0.1, 0.15) is 48.5 Å². The van der Waals surface area contributed by atoms with E-state index in [0.717, 1.165) is 31.2 Å². The van der Waals surface area contributed by atoms with E-state index >= 15 is 0 Å². The fourth-order valence-corrected chi connectivity index (χ4v) is 5.94. The molecule has 1 heterocycles. The van der Waals surface area contributed by atoms with Crippen molar-refractivity contribution in [1.82, 2.24) is 16.0 Å². The van der Waals surface area contributed by atoms with E-state index in [4.69, 9.17) is 28.4 Å². The van der Waals surface area contributed by atoms with Crippen molar-refractivity contribution >= 4 is 53.5 Å². The third kappa shape index (κ3) is 15.0. The lowest BCUT2D eigenvalue weighted by Gasteiger charge is -2.45. The zero-order chi connectivity index (χ0) is 37.6. The monoisotopic (exact) mass is 725 g/mol. The van der Waals surface area contributed by atoms with Crippen LogP contribution in [0.3, 0.4) is 0 Å². The first-order chi connectivity index (χ1) is 23.4. The molecule has 0 bridgehead atoms. The second-order valence-electron chi connectivity index (χ2n) is 12.4. The molecule has 0 aliphatic carbocycles. The maximum absolute atomic E-state index is 13.4. The average Bonchev–Trinajstić information content (AvgIpc) is 2.99. The van der Waals surface area contributed by atoms with Crippen LogP contribution in [0.15, 0.2) is 30.3 Å². The molecule has 1 saturated heterocycles. The van der Waals surface area contributed by atoms with E-state index in [9.17, 15) is 33.6 Å². The summed E-state index contributed by atoms with van der Waals surface area (Å²) in [7, 11) is 0. The zero-order valence-corrected chi connectivity index (χ0v) is 30.3. The van der Waals surface area contributed by atoms with Gasteiger partial charge in [-0.3, -0.25) is 24.0 Å². The molecule has 1 aliphatic rings. The Labute approximate surface area is 295 Å². The van der Waals surface area contributed by atoms with E-state index < -0.39 is 89.3 Å². The first kappa shape index (κ1) is 41.8. The summed E-state index contributed by atoms with van der Waals surface area (Å²) in [5, 5.41) is 7.76. The number of hydrogen-bond acceptors (Lipinski definition) is 14. The van der Waals surface area contributed by atoms with Crippen molar-refractivity contribution < 1.29 is 62.0 Å². The molecule has 1 aromatic carbocycles. The van der Waals surface area contributed by atoms with Crippen LogP contribution in [-0.2, 0) is 63.8 Å². The molecular formula is C33H47N3O13S. The van der Waals surface area contributed by atoms with Crippen molar-refractivity contribution in [2.45, 2.75) is 116 Å². The molecule has 7 atom stereocenters. The number of nitrogens with one attached hydrogen (secondary N) is 3. The molecule has 0 saturated carbocycles. The van der Waals surface area contributed by atoms with Gasteiger partial charge < -0.3 is 44.4 Å². The number of alkyl carbamates (subject to hydrolysis) is 1. The first-order valence-electron chi connectivity index (χ1n) is 15.9. The van der Waals surface area contributed by atoms with Crippen LogP contribution < -0.4 is 16.0 Å². The minimum atomic E-state index is -1.26. The van der Waals surface area contributed by atoms with Gasteiger partial charge in [0.2, 0.25) is 11.8 Å². The lowest BCUT2D eigenvalue weighted by Crippen LogP contribution is -2.65. The van der Waals surface area contributed by atoms with Gasteiger partial charge in [-0.25, -0.2) is 9.59 Å². The quantitative estimate of drug-likeness (QED) is 0.174. The summed E-state index contributed by atoms with van der Waals surface area (Å²) < 4.78 is 32.9. The highest BCUT2D eigenvalue weighted by molar-refractivity contribution is 7.99. The van der Waals surface area contributed by atoms with Crippen LogP contribution in [0.25, 0.3) is 0 Å². The third-order valence-corrected chi connectivity index (χ3v) is 7.91. The van der Waals surface area contributed by atoms with Gasteiger partial charge >= 0.3 is 30.0 Å². The molecule has 278 valence electrons. The Morgan fingerprint density at radius 3 is 2.04 bits per heavy atom. The number of carbonyl (C=O) groups is 7. The number of hydrogen-bond donors (Lipinski definition) is 3. The molecule has 16 nitrogen and oxygen atoms in total. The van der Waals surface area contributed by atoms with Gasteiger partial charge in [-0.05, 0) is 45.4 Å². The smallest absolute Gasteiger partial charge is 0.408 e. The van der Waals surface area contributed by atoms with Gasteiger partial charge in [0.15, 0.2) is 12.2 Å². The Balaban J connectivity index is 2.27. The number of rotatable bonds is 15. The van der Waals surface area contributed by atoms with Crippen LogP contribution in [0.1, 0.15) is 67.4 Å². The summed E-state index contributed by atoms with van der Waals surface area (Å²) in [4.78, 5) is 86.8. The predicted molar refractivity (Wildman–Crippen MR) is 178 cm³/mol. The van der Waals surface area contributed by atoms with Crippen molar-refractivity contribution in [2.75, 3.05) is 12.4 Å². The average molecular weight is 726 g/mol. The van der Waals surface area contributed by atoms with E-state index in [-0.39, 0.29) is 25.4 Å². The van der Waals surface area contributed by atoms with Gasteiger partial charge in [-0.15, -0.1) is 11.8 Å². The predicted octanol–water partition coefficient (Wildman–Crippen LogP) is 1.91. The number of benzene rings is 1. The molecule has 2 rings (SSSR count). The number of carbonyl (C=O) groups excluding carboxylic acids is 7. The summed E-state index contributed by atoms with van der Waals surface area (Å²) in [5.41, 5.74) is -1.11. The number of ether oxygens (including phenoxy) is 6. The van der Waals surface area contributed by atoms with E-state index in [1.165, 1.54) is 20.8 Å². The minimum absolute atomic E-state index is 0.00192. The molecular weight excluding hydrogens is 678 g/mol. The first-order valence-corrected chi connectivity index (χ1v) is 16.9. The molecule has 1 aromatic rings. The summed E-state index contributed by atoms with van der Waals surface area (Å²) in [6.07, 6.45) is -4.55. The van der Waals surface area contributed by atoms with Crippen molar-refractivity contribution in [3.05, 3.63) is 35.9 Å².